The molecule has 0 saturated carbocycles. The predicted molar refractivity (Wildman–Crippen MR) is 58.6 cm³/mol. The lowest BCUT2D eigenvalue weighted by molar-refractivity contribution is -0.148. The van der Waals surface area contributed by atoms with E-state index < -0.39 is 23.6 Å². The smallest absolute Gasteiger partial charge is 0.410 e. The predicted octanol–water partition coefficient (Wildman–Crippen LogP) is 0.897. The van der Waals surface area contributed by atoms with Gasteiger partial charge in [0.15, 0.2) is 5.78 Å². The number of hydrogen-bond donors (Lipinski definition) is 1. The van der Waals surface area contributed by atoms with Gasteiger partial charge in [-0.05, 0) is 20.8 Å². The van der Waals surface area contributed by atoms with Crippen molar-refractivity contribution in [2.24, 2.45) is 5.92 Å². The molecule has 1 N–H and O–H groups in total. The molecule has 0 spiro atoms. The van der Waals surface area contributed by atoms with Crippen LogP contribution in [0.1, 0.15) is 27.2 Å². The van der Waals surface area contributed by atoms with Crippen molar-refractivity contribution >= 4 is 17.8 Å². The van der Waals surface area contributed by atoms with E-state index in [1.807, 2.05) is 0 Å². The summed E-state index contributed by atoms with van der Waals surface area (Å²) in [5, 5.41) is 8.84. The standard InChI is InChI=1S/C11H17NO5/c1-11(2,3)17-10(16)12-5-4-8(13)7(6-12)9(14)15/h7H,4-6H2,1-3H3,(H,14,15)/t7-/m0/s1. The third-order valence-electron chi connectivity index (χ3n) is 2.37. The number of hydrogen-bond acceptors (Lipinski definition) is 4. The first-order valence-electron chi connectivity index (χ1n) is 5.44. The maximum Gasteiger partial charge on any atom is 0.410 e. The number of ether oxygens (including phenoxy) is 1. The quantitative estimate of drug-likeness (QED) is 0.691. The van der Waals surface area contributed by atoms with E-state index >= 15 is 0 Å². The van der Waals surface area contributed by atoms with Crippen molar-refractivity contribution in [1.82, 2.24) is 4.90 Å². The monoisotopic (exact) mass is 243 g/mol. The second-order valence-electron chi connectivity index (χ2n) is 5.03. The highest BCUT2D eigenvalue weighted by molar-refractivity contribution is 5.99. The Labute approximate surface area is 99.5 Å². The Morgan fingerprint density at radius 2 is 2.00 bits per heavy atom. The Hall–Kier alpha value is -1.59. The van der Waals surface area contributed by atoms with Crippen molar-refractivity contribution in [3.63, 3.8) is 0 Å². The van der Waals surface area contributed by atoms with Crippen molar-refractivity contribution in [2.45, 2.75) is 32.8 Å². The molecule has 1 saturated heterocycles. The number of aliphatic carboxylic acids is 1. The van der Waals surface area contributed by atoms with E-state index in [1.165, 1.54) is 4.90 Å². The van der Waals surface area contributed by atoms with E-state index in [0.29, 0.717) is 0 Å². The summed E-state index contributed by atoms with van der Waals surface area (Å²) in [6.45, 7) is 5.30. The van der Waals surface area contributed by atoms with Crippen LogP contribution in [0.4, 0.5) is 4.79 Å². The molecule has 0 bridgehead atoms. The molecule has 0 unspecified atom stereocenters. The number of carbonyl (C=O) groups excluding carboxylic acids is 2. The van der Waals surface area contributed by atoms with Gasteiger partial charge >= 0.3 is 12.1 Å². The van der Waals surface area contributed by atoms with Crippen LogP contribution in [0.3, 0.4) is 0 Å². The number of carbonyl (C=O) groups is 3. The van der Waals surface area contributed by atoms with Crippen molar-refractivity contribution in [3.8, 4) is 0 Å². The lowest BCUT2D eigenvalue weighted by Gasteiger charge is -2.31. The SMILES string of the molecule is CC(C)(C)OC(=O)N1CCC(=O)[C@@H](C(=O)O)C1. The average molecular weight is 243 g/mol. The molecular formula is C11H17NO5. The van der Waals surface area contributed by atoms with Crippen LogP contribution in [0.15, 0.2) is 0 Å². The van der Waals surface area contributed by atoms with Crippen molar-refractivity contribution in [2.75, 3.05) is 13.1 Å². The molecule has 1 amide bonds. The molecule has 1 aliphatic rings. The molecule has 0 aromatic carbocycles. The van der Waals surface area contributed by atoms with Crippen molar-refractivity contribution < 1.29 is 24.2 Å². The fourth-order valence-electron chi connectivity index (χ4n) is 1.54. The van der Waals surface area contributed by atoms with Crippen LogP contribution >= 0.6 is 0 Å². The van der Waals surface area contributed by atoms with Gasteiger partial charge in [0.2, 0.25) is 0 Å². The Balaban J connectivity index is 2.65. The molecule has 17 heavy (non-hydrogen) atoms. The number of Topliss-reactive ketones (excluding diaryl/α,β-unsaturated/α-hetero) is 1. The summed E-state index contributed by atoms with van der Waals surface area (Å²) in [5.41, 5.74) is -0.628. The van der Waals surface area contributed by atoms with Gasteiger partial charge in [-0.15, -0.1) is 0 Å². The van der Waals surface area contributed by atoms with E-state index in [0.717, 1.165) is 0 Å². The van der Waals surface area contributed by atoms with E-state index in [4.69, 9.17) is 9.84 Å². The number of likely N-dealkylation sites (tertiary alicyclic amines) is 1. The zero-order chi connectivity index (χ0) is 13.2. The van der Waals surface area contributed by atoms with E-state index in [-0.39, 0.29) is 25.3 Å². The van der Waals surface area contributed by atoms with Crippen LogP contribution in [0, 0.1) is 5.92 Å². The van der Waals surface area contributed by atoms with Gasteiger partial charge in [-0.3, -0.25) is 9.59 Å². The van der Waals surface area contributed by atoms with Gasteiger partial charge in [0.05, 0.1) is 0 Å². The summed E-state index contributed by atoms with van der Waals surface area (Å²) >= 11 is 0. The van der Waals surface area contributed by atoms with Crippen LogP contribution in [0.5, 0.6) is 0 Å². The molecule has 1 heterocycles. The number of carboxylic acid groups (broad SMARTS) is 1. The van der Waals surface area contributed by atoms with Crippen molar-refractivity contribution in [3.05, 3.63) is 0 Å². The molecule has 1 fully saturated rings. The van der Waals surface area contributed by atoms with Crippen LogP contribution in [-0.4, -0.2) is 46.5 Å². The minimum Gasteiger partial charge on any atom is -0.481 e. The lowest BCUT2D eigenvalue weighted by atomic mass is 9.97. The highest BCUT2D eigenvalue weighted by atomic mass is 16.6. The molecule has 1 aliphatic heterocycles. The summed E-state index contributed by atoms with van der Waals surface area (Å²) in [7, 11) is 0. The van der Waals surface area contributed by atoms with Crippen LogP contribution in [0.2, 0.25) is 0 Å². The Morgan fingerprint density at radius 3 is 2.47 bits per heavy atom. The van der Waals surface area contributed by atoms with Gasteiger partial charge in [-0.1, -0.05) is 0 Å². The maximum absolute atomic E-state index is 11.7. The number of rotatable bonds is 1. The van der Waals surface area contributed by atoms with Gasteiger partial charge in [0, 0.05) is 19.5 Å². The number of ketones is 1. The van der Waals surface area contributed by atoms with Gasteiger partial charge in [-0.2, -0.15) is 0 Å². The fourth-order valence-corrected chi connectivity index (χ4v) is 1.54. The zero-order valence-corrected chi connectivity index (χ0v) is 10.2. The number of amides is 1. The summed E-state index contributed by atoms with van der Waals surface area (Å²) in [4.78, 5) is 35.1. The second kappa shape index (κ2) is 4.73. The molecule has 96 valence electrons. The molecule has 1 rings (SSSR count). The summed E-state index contributed by atoms with van der Waals surface area (Å²) in [5.74, 6) is -2.66. The highest BCUT2D eigenvalue weighted by Crippen LogP contribution is 2.17. The zero-order valence-electron chi connectivity index (χ0n) is 10.2. The maximum atomic E-state index is 11.7. The van der Waals surface area contributed by atoms with Gasteiger partial charge in [0.1, 0.15) is 11.5 Å². The van der Waals surface area contributed by atoms with E-state index in [9.17, 15) is 14.4 Å². The summed E-state index contributed by atoms with van der Waals surface area (Å²) in [6, 6.07) is 0. The Kier molecular flexibility index (Phi) is 3.75. The minimum absolute atomic E-state index is 0.0657. The van der Waals surface area contributed by atoms with Crippen molar-refractivity contribution in [1.29, 1.82) is 0 Å². The number of nitrogens with zero attached hydrogens (tertiary/aromatic N) is 1. The fraction of sp³-hybridized carbons (Fsp3) is 0.727. The van der Waals surface area contributed by atoms with Crippen LogP contribution < -0.4 is 0 Å². The average Bonchev–Trinajstić information content (AvgIpc) is 2.14. The molecule has 6 heteroatoms. The lowest BCUT2D eigenvalue weighted by Crippen LogP contribution is -2.48. The molecule has 0 aliphatic carbocycles. The van der Waals surface area contributed by atoms with Gasteiger partial charge < -0.3 is 14.7 Å². The summed E-state index contributed by atoms with van der Waals surface area (Å²) in [6.07, 6.45) is -0.507. The van der Waals surface area contributed by atoms with E-state index in [2.05, 4.69) is 0 Å². The Bertz CT molecular complexity index is 344. The highest BCUT2D eigenvalue weighted by Gasteiger charge is 2.36. The molecule has 0 aromatic rings. The molecule has 1 atom stereocenters. The number of piperidine rings is 1. The first kappa shape index (κ1) is 13.5. The van der Waals surface area contributed by atoms with Crippen LogP contribution in [0.25, 0.3) is 0 Å². The third kappa shape index (κ3) is 3.72. The third-order valence-corrected chi connectivity index (χ3v) is 2.37. The largest absolute Gasteiger partial charge is 0.481 e. The number of carboxylic acids is 1. The van der Waals surface area contributed by atoms with Gasteiger partial charge in [0.25, 0.3) is 0 Å². The minimum atomic E-state index is -1.19. The van der Waals surface area contributed by atoms with E-state index in [1.54, 1.807) is 20.8 Å². The molecule has 0 radical (unpaired) electrons. The first-order valence-corrected chi connectivity index (χ1v) is 5.44. The molecule has 0 aromatic heterocycles. The normalized spacial score (nSPS) is 21.2. The molecule has 6 nitrogen and oxygen atoms in total. The summed E-state index contributed by atoms with van der Waals surface area (Å²) < 4.78 is 5.12. The Morgan fingerprint density at radius 1 is 1.41 bits per heavy atom. The van der Waals surface area contributed by atoms with Crippen LogP contribution in [-0.2, 0) is 14.3 Å². The topological polar surface area (TPSA) is 83.9 Å². The first-order chi connectivity index (χ1) is 7.70. The second-order valence-corrected chi connectivity index (χ2v) is 5.03. The molecular weight excluding hydrogens is 226 g/mol. The van der Waals surface area contributed by atoms with Gasteiger partial charge in [-0.25, -0.2) is 4.79 Å².